The van der Waals surface area contributed by atoms with Gasteiger partial charge in [-0.05, 0) is 101 Å². The Morgan fingerprint density at radius 1 is 1.14 bits per heavy atom. The van der Waals surface area contributed by atoms with Crippen LogP contribution in [0, 0.1) is 17.2 Å². The van der Waals surface area contributed by atoms with Crippen LogP contribution in [0.15, 0.2) is 53.0 Å². The predicted octanol–water partition coefficient (Wildman–Crippen LogP) is 6.78. The minimum Gasteiger partial charge on any atom is -0.320 e. The van der Waals surface area contributed by atoms with Gasteiger partial charge in [0.15, 0.2) is 0 Å². The van der Waals surface area contributed by atoms with Crippen LogP contribution >= 0.6 is 15.9 Å². The van der Waals surface area contributed by atoms with Crippen molar-refractivity contribution >= 4 is 27.6 Å². The van der Waals surface area contributed by atoms with Crippen molar-refractivity contribution in [2.24, 2.45) is 5.92 Å². The number of hydrogen-bond donors (Lipinski definition) is 1. The quantitative estimate of drug-likeness (QED) is 0.404. The van der Waals surface area contributed by atoms with Crippen LogP contribution in [0.5, 0.6) is 0 Å². The Hall–Kier alpha value is -2.36. The second-order valence-electron chi connectivity index (χ2n) is 10.7. The summed E-state index contributed by atoms with van der Waals surface area (Å²) in [6.45, 7) is 10.5. The van der Waals surface area contributed by atoms with Crippen molar-refractivity contribution in [2.45, 2.75) is 76.9 Å². The molecule has 0 radical (unpaired) electrons. The first-order valence-corrected chi connectivity index (χ1v) is 13.6. The topological polar surface area (TPSA) is 59.4 Å². The van der Waals surface area contributed by atoms with Gasteiger partial charge in [0.1, 0.15) is 0 Å². The monoisotopic (exact) mass is 536 g/mol. The molecular formula is C29H37BrN4O. The molecule has 2 aromatic rings. The summed E-state index contributed by atoms with van der Waals surface area (Å²) in [6.07, 6.45) is 4.23. The van der Waals surface area contributed by atoms with Crippen molar-refractivity contribution in [1.29, 1.82) is 5.26 Å². The highest BCUT2D eigenvalue weighted by molar-refractivity contribution is 9.10. The largest absolute Gasteiger partial charge is 0.322 e. The maximum atomic E-state index is 13.6. The smallest absolute Gasteiger partial charge is 0.320 e. The van der Waals surface area contributed by atoms with Gasteiger partial charge >= 0.3 is 6.03 Å². The third-order valence-corrected chi connectivity index (χ3v) is 8.48. The maximum absolute atomic E-state index is 13.6. The summed E-state index contributed by atoms with van der Waals surface area (Å²) in [5, 5.41) is 12.5. The molecule has 2 amide bonds. The van der Waals surface area contributed by atoms with Gasteiger partial charge in [-0.1, -0.05) is 34.1 Å². The number of carbonyl (C=O) groups excluding carboxylic acids is 1. The van der Waals surface area contributed by atoms with Crippen LogP contribution in [0.3, 0.4) is 0 Å². The minimum absolute atomic E-state index is 0.0137. The van der Waals surface area contributed by atoms with Gasteiger partial charge in [-0.25, -0.2) is 4.79 Å². The number of anilines is 1. The molecule has 5 nitrogen and oxygen atoms in total. The number of nitriles is 1. The Labute approximate surface area is 218 Å². The molecule has 2 saturated carbocycles. The molecule has 0 bridgehead atoms. The van der Waals surface area contributed by atoms with Crippen molar-refractivity contribution in [1.82, 2.24) is 9.80 Å². The molecule has 0 saturated heterocycles. The number of fused-ring (bicyclic) bond motifs is 1. The maximum Gasteiger partial charge on any atom is 0.322 e. The van der Waals surface area contributed by atoms with Crippen molar-refractivity contribution in [3.63, 3.8) is 0 Å². The van der Waals surface area contributed by atoms with E-state index in [1.54, 1.807) is 0 Å². The Morgan fingerprint density at radius 2 is 1.89 bits per heavy atom. The number of rotatable bonds is 8. The van der Waals surface area contributed by atoms with Crippen molar-refractivity contribution in [3.05, 3.63) is 64.1 Å². The average Bonchev–Trinajstić information content (AvgIpc) is 3.56. The van der Waals surface area contributed by atoms with Crippen molar-refractivity contribution in [2.75, 3.05) is 18.4 Å². The number of nitrogens with one attached hydrogen (secondary N) is 1. The molecule has 6 heteroatoms. The van der Waals surface area contributed by atoms with Crippen LogP contribution in [0.4, 0.5) is 10.5 Å². The molecule has 0 spiro atoms. The highest BCUT2D eigenvalue weighted by Gasteiger charge is 2.58. The first-order chi connectivity index (χ1) is 16.7. The number of amides is 2. The van der Waals surface area contributed by atoms with Crippen LogP contribution < -0.4 is 5.32 Å². The van der Waals surface area contributed by atoms with E-state index < -0.39 is 0 Å². The molecule has 2 aromatic carbocycles. The molecule has 186 valence electrons. The third-order valence-electron chi connectivity index (χ3n) is 7.98. The number of nitrogens with zero attached hydrogens (tertiary/aromatic N) is 3. The molecule has 3 atom stereocenters. The van der Waals surface area contributed by atoms with E-state index >= 15 is 0 Å². The number of halogens is 1. The minimum atomic E-state index is -0.0137. The summed E-state index contributed by atoms with van der Waals surface area (Å²) in [4.78, 5) is 18.1. The normalized spacial score (nSPS) is 23.2. The van der Waals surface area contributed by atoms with Gasteiger partial charge in [-0.3, -0.25) is 4.90 Å². The van der Waals surface area contributed by atoms with E-state index in [4.69, 9.17) is 0 Å². The van der Waals surface area contributed by atoms with Crippen molar-refractivity contribution in [3.8, 4) is 6.07 Å². The lowest BCUT2D eigenvalue weighted by atomic mass is 9.80. The van der Waals surface area contributed by atoms with E-state index in [0.29, 0.717) is 24.5 Å². The summed E-state index contributed by atoms with van der Waals surface area (Å²) in [5.74, 6) is 0.572. The van der Waals surface area contributed by atoms with Crippen molar-refractivity contribution < 1.29 is 4.79 Å². The zero-order chi connectivity index (χ0) is 25.2. The fraction of sp³-hybridized carbons (Fsp3) is 0.517. The fourth-order valence-electron chi connectivity index (χ4n) is 6.09. The fourth-order valence-corrected chi connectivity index (χ4v) is 6.49. The zero-order valence-corrected chi connectivity index (χ0v) is 22.9. The first-order valence-electron chi connectivity index (χ1n) is 12.8. The third kappa shape index (κ3) is 5.73. The number of benzene rings is 2. The lowest BCUT2D eigenvalue weighted by Crippen LogP contribution is -2.50. The number of urea groups is 1. The Morgan fingerprint density at radius 3 is 2.54 bits per heavy atom. The lowest BCUT2D eigenvalue weighted by Gasteiger charge is -2.39. The molecule has 0 aliphatic heterocycles. The highest BCUT2D eigenvalue weighted by atomic mass is 79.9. The Bertz CT molecular complexity index is 1090. The Kier molecular flexibility index (Phi) is 7.88. The molecule has 1 unspecified atom stereocenters. The average molecular weight is 538 g/mol. The van der Waals surface area contributed by atoms with Gasteiger partial charge in [-0.2, -0.15) is 5.26 Å². The molecule has 0 heterocycles. The molecule has 35 heavy (non-hydrogen) atoms. The SMILES string of the molecule is CC(C)N(CCN(C(=O)Nc1cccc(Br)c1)[C@@H]1CC[C@]2(c3cccc(C#N)c3)CC2C1)C(C)C. The summed E-state index contributed by atoms with van der Waals surface area (Å²) in [7, 11) is 0. The van der Waals surface area contributed by atoms with Gasteiger partial charge in [0.2, 0.25) is 0 Å². The van der Waals surface area contributed by atoms with E-state index in [-0.39, 0.29) is 17.5 Å². The number of hydrogen-bond acceptors (Lipinski definition) is 3. The van der Waals surface area contributed by atoms with Crippen LogP contribution in [0.2, 0.25) is 0 Å². The number of carbonyl (C=O) groups is 1. The predicted molar refractivity (Wildman–Crippen MR) is 145 cm³/mol. The highest BCUT2D eigenvalue weighted by Crippen LogP contribution is 2.62. The van der Waals surface area contributed by atoms with E-state index in [1.165, 1.54) is 5.56 Å². The van der Waals surface area contributed by atoms with Crippen LogP contribution in [-0.2, 0) is 5.41 Å². The molecule has 2 fully saturated rings. The van der Waals surface area contributed by atoms with Gasteiger partial charge in [0.25, 0.3) is 0 Å². The van der Waals surface area contributed by atoms with Crippen LogP contribution in [-0.4, -0.2) is 47.0 Å². The molecule has 2 aliphatic rings. The summed E-state index contributed by atoms with van der Waals surface area (Å²) in [6, 6.07) is 19.3. The van der Waals surface area contributed by atoms with Gasteiger partial charge < -0.3 is 10.2 Å². The first kappa shape index (κ1) is 25.7. The zero-order valence-electron chi connectivity index (χ0n) is 21.3. The van der Waals surface area contributed by atoms with E-state index in [2.05, 4.69) is 76.9 Å². The molecule has 2 aliphatic carbocycles. The van der Waals surface area contributed by atoms with Gasteiger partial charge in [0.05, 0.1) is 11.6 Å². The lowest BCUT2D eigenvalue weighted by molar-refractivity contribution is 0.120. The standard InChI is InChI=1S/C29H37BrN4O/c1-20(2)33(21(3)4)13-14-34(28(35)32-26-10-6-9-25(30)17-26)27-11-12-29(18-24(29)16-27)23-8-5-7-22(15-23)19-31/h5-10,15,17,20-21,24,27H,11-14,16,18H2,1-4H3,(H,32,35)/t24?,27-,29-/m1/s1. The molecular weight excluding hydrogens is 500 g/mol. The second-order valence-corrected chi connectivity index (χ2v) is 11.7. The molecule has 0 aromatic heterocycles. The van der Waals surface area contributed by atoms with E-state index in [9.17, 15) is 10.1 Å². The van der Waals surface area contributed by atoms with Crippen LogP contribution in [0.25, 0.3) is 0 Å². The molecule has 1 N–H and O–H groups in total. The van der Waals surface area contributed by atoms with Gasteiger partial charge in [0, 0.05) is 41.4 Å². The molecule has 4 rings (SSSR count). The van der Waals surface area contributed by atoms with Gasteiger partial charge in [-0.15, -0.1) is 0 Å². The second kappa shape index (κ2) is 10.7. The summed E-state index contributed by atoms with van der Waals surface area (Å²) < 4.78 is 0.952. The summed E-state index contributed by atoms with van der Waals surface area (Å²) >= 11 is 3.51. The summed E-state index contributed by atoms with van der Waals surface area (Å²) in [5.41, 5.74) is 3.04. The Balaban J connectivity index is 1.50. The van der Waals surface area contributed by atoms with Crippen LogP contribution in [0.1, 0.15) is 64.5 Å². The van der Waals surface area contributed by atoms with E-state index in [1.807, 2.05) is 36.4 Å². The van der Waals surface area contributed by atoms with E-state index in [0.717, 1.165) is 48.0 Å².